The number of hydrogen-bond acceptors (Lipinski definition) is 6. The number of amides is 1. The van der Waals surface area contributed by atoms with Crippen molar-refractivity contribution >= 4 is 26.8 Å². The number of carbonyl (C=O) groups excluding carboxylic acids is 1. The van der Waals surface area contributed by atoms with Crippen molar-refractivity contribution in [1.29, 1.82) is 0 Å². The first-order chi connectivity index (χ1) is 15.0. The predicted octanol–water partition coefficient (Wildman–Crippen LogP) is 1.57. The summed E-state index contributed by atoms with van der Waals surface area (Å²) in [5.41, 5.74) is 0.488. The van der Waals surface area contributed by atoms with Gasteiger partial charge >= 0.3 is 0 Å². The molecule has 1 aromatic heterocycles. The van der Waals surface area contributed by atoms with Gasteiger partial charge in [0.05, 0.1) is 18.7 Å². The Hall–Kier alpha value is -2.07. The Morgan fingerprint density at radius 2 is 1.97 bits per heavy atom. The Bertz CT molecular complexity index is 1020. The minimum absolute atomic E-state index is 0.00180. The lowest BCUT2D eigenvalue weighted by Crippen LogP contribution is -2.43. The maximum atomic E-state index is 13.4. The fraction of sp³-hybridized carbons (Fsp3) is 0.545. The van der Waals surface area contributed by atoms with E-state index in [0.717, 1.165) is 44.7 Å². The van der Waals surface area contributed by atoms with Gasteiger partial charge in [0.15, 0.2) is 0 Å². The standard InChI is InChI=1S/C22H30N4O4S/c1-18(27)26(11-4-10-24-13-15-30-16-14-24)20-8-12-25(17-20)31(28,29)21-7-2-5-19-6-3-9-23-22(19)21/h2-3,5-7,9,20H,4,8,10-17H2,1H3/t20-/m0/s1. The van der Waals surface area contributed by atoms with Crippen LogP contribution in [0.5, 0.6) is 0 Å². The summed E-state index contributed by atoms with van der Waals surface area (Å²) in [7, 11) is -3.68. The number of fused-ring (bicyclic) bond motifs is 1. The van der Waals surface area contributed by atoms with Gasteiger partial charge < -0.3 is 9.64 Å². The van der Waals surface area contributed by atoms with Crippen LogP contribution in [0.4, 0.5) is 0 Å². The molecule has 31 heavy (non-hydrogen) atoms. The molecule has 2 aliphatic rings. The van der Waals surface area contributed by atoms with Crippen LogP contribution in [0, 0.1) is 0 Å². The van der Waals surface area contributed by atoms with E-state index in [0.29, 0.717) is 31.6 Å². The highest BCUT2D eigenvalue weighted by Gasteiger charge is 2.37. The predicted molar refractivity (Wildman–Crippen MR) is 118 cm³/mol. The van der Waals surface area contributed by atoms with E-state index < -0.39 is 10.0 Å². The van der Waals surface area contributed by atoms with Crippen molar-refractivity contribution < 1.29 is 17.9 Å². The summed E-state index contributed by atoms with van der Waals surface area (Å²) in [6.07, 6.45) is 3.13. The first kappa shape index (κ1) is 22.1. The van der Waals surface area contributed by atoms with Crippen LogP contribution in [0.25, 0.3) is 10.9 Å². The second-order valence-corrected chi connectivity index (χ2v) is 10.1. The maximum absolute atomic E-state index is 13.4. The van der Waals surface area contributed by atoms with E-state index in [1.165, 1.54) is 4.31 Å². The Morgan fingerprint density at radius 1 is 1.19 bits per heavy atom. The Balaban J connectivity index is 1.43. The van der Waals surface area contributed by atoms with E-state index in [4.69, 9.17) is 4.74 Å². The normalized spacial score (nSPS) is 20.9. The summed E-state index contributed by atoms with van der Waals surface area (Å²) in [5, 5.41) is 0.799. The smallest absolute Gasteiger partial charge is 0.245 e. The highest BCUT2D eigenvalue weighted by atomic mass is 32.2. The van der Waals surface area contributed by atoms with E-state index in [1.807, 2.05) is 17.0 Å². The average Bonchev–Trinajstić information content (AvgIpc) is 3.27. The van der Waals surface area contributed by atoms with Gasteiger partial charge in [0, 0.05) is 63.8 Å². The Morgan fingerprint density at radius 3 is 2.74 bits per heavy atom. The van der Waals surface area contributed by atoms with Crippen molar-refractivity contribution in [2.24, 2.45) is 0 Å². The number of morpholine rings is 1. The van der Waals surface area contributed by atoms with Crippen LogP contribution in [0.1, 0.15) is 19.8 Å². The summed E-state index contributed by atoms with van der Waals surface area (Å²) in [6.45, 7) is 7.23. The van der Waals surface area contributed by atoms with Gasteiger partial charge in [0.2, 0.25) is 15.9 Å². The fourth-order valence-electron chi connectivity index (χ4n) is 4.49. The zero-order chi connectivity index (χ0) is 21.8. The molecule has 0 N–H and O–H groups in total. The number of hydrogen-bond donors (Lipinski definition) is 0. The molecule has 0 bridgehead atoms. The van der Waals surface area contributed by atoms with Crippen LogP contribution >= 0.6 is 0 Å². The molecule has 4 rings (SSSR count). The number of nitrogens with zero attached hydrogens (tertiary/aromatic N) is 4. The summed E-state index contributed by atoms with van der Waals surface area (Å²) in [4.78, 5) is 21.1. The van der Waals surface area contributed by atoms with Crippen LogP contribution < -0.4 is 0 Å². The molecule has 1 atom stereocenters. The lowest BCUT2D eigenvalue weighted by Gasteiger charge is -2.30. The third kappa shape index (κ3) is 4.90. The molecule has 1 aromatic carbocycles. The molecule has 0 saturated carbocycles. The van der Waals surface area contributed by atoms with Gasteiger partial charge in [-0.2, -0.15) is 4.31 Å². The topological polar surface area (TPSA) is 83.0 Å². The molecule has 2 aromatic rings. The van der Waals surface area contributed by atoms with Crippen LogP contribution in [0.3, 0.4) is 0 Å². The highest BCUT2D eigenvalue weighted by Crippen LogP contribution is 2.28. The lowest BCUT2D eigenvalue weighted by molar-refractivity contribution is -0.131. The van der Waals surface area contributed by atoms with Gasteiger partial charge in [0.1, 0.15) is 4.90 Å². The largest absolute Gasteiger partial charge is 0.379 e. The summed E-state index contributed by atoms with van der Waals surface area (Å²) < 4.78 is 33.6. The molecule has 1 amide bonds. The lowest BCUT2D eigenvalue weighted by atomic mass is 10.2. The quantitative estimate of drug-likeness (QED) is 0.642. The van der Waals surface area contributed by atoms with Crippen molar-refractivity contribution in [2.45, 2.75) is 30.7 Å². The number of aromatic nitrogens is 1. The molecule has 168 valence electrons. The number of ether oxygens (including phenoxy) is 1. The van der Waals surface area contributed by atoms with Crippen molar-refractivity contribution in [3.8, 4) is 0 Å². The van der Waals surface area contributed by atoms with E-state index in [-0.39, 0.29) is 16.8 Å². The number of pyridine rings is 1. The third-order valence-corrected chi connectivity index (χ3v) is 8.06. The van der Waals surface area contributed by atoms with E-state index in [9.17, 15) is 13.2 Å². The van der Waals surface area contributed by atoms with Crippen LogP contribution in [0.2, 0.25) is 0 Å². The highest BCUT2D eigenvalue weighted by molar-refractivity contribution is 7.89. The number of carbonyl (C=O) groups is 1. The number of para-hydroxylation sites is 1. The molecule has 0 spiro atoms. The molecule has 2 saturated heterocycles. The Labute approximate surface area is 183 Å². The monoisotopic (exact) mass is 446 g/mol. The number of benzene rings is 1. The van der Waals surface area contributed by atoms with Gasteiger partial charge in [-0.05, 0) is 25.0 Å². The maximum Gasteiger partial charge on any atom is 0.245 e. The van der Waals surface area contributed by atoms with Crippen LogP contribution in [-0.4, -0.2) is 91.9 Å². The van der Waals surface area contributed by atoms with Crippen molar-refractivity contribution in [3.05, 3.63) is 36.5 Å². The second-order valence-electron chi connectivity index (χ2n) is 8.16. The fourth-order valence-corrected chi connectivity index (χ4v) is 6.15. The zero-order valence-corrected chi connectivity index (χ0v) is 18.8. The molecule has 8 nitrogen and oxygen atoms in total. The minimum Gasteiger partial charge on any atom is -0.379 e. The zero-order valence-electron chi connectivity index (χ0n) is 17.9. The SMILES string of the molecule is CC(=O)N(CCCN1CCOCC1)[C@H]1CCN(S(=O)(=O)c2cccc3cccnc23)C1. The molecule has 3 heterocycles. The number of rotatable bonds is 7. The van der Waals surface area contributed by atoms with Gasteiger partial charge in [-0.15, -0.1) is 0 Å². The van der Waals surface area contributed by atoms with Gasteiger partial charge in [-0.25, -0.2) is 8.42 Å². The van der Waals surface area contributed by atoms with Crippen molar-refractivity contribution in [1.82, 2.24) is 19.1 Å². The molecular weight excluding hydrogens is 416 g/mol. The second kappa shape index (κ2) is 9.60. The number of sulfonamides is 1. The first-order valence-electron chi connectivity index (χ1n) is 10.9. The molecule has 0 unspecified atom stereocenters. The van der Waals surface area contributed by atoms with Crippen molar-refractivity contribution in [2.75, 3.05) is 52.5 Å². The van der Waals surface area contributed by atoms with Gasteiger partial charge in [-0.1, -0.05) is 18.2 Å². The van der Waals surface area contributed by atoms with Crippen LogP contribution in [-0.2, 0) is 19.6 Å². The van der Waals surface area contributed by atoms with Crippen LogP contribution in [0.15, 0.2) is 41.4 Å². The summed E-state index contributed by atoms with van der Waals surface area (Å²) in [6, 6.07) is 8.79. The average molecular weight is 447 g/mol. The molecule has 2 fully saturated rings. The molecule has 9 heteroatoms. The molecule has 0 aliphatic carbocycles. The van der Waals surface area contributed by atoms with Gasteiger partial charge in [0.25, 0.3) is 0 Å². The van der Waals surface area contributed by atoms with Crippen molar-refractivity contribution in [3.63, 3.8) is 0 Å². The van der Waals surface area contributed by atoms with E-state index in [2.05, 4.69) is 9.88 Å². The van der Waals surface area contributed by atoms with E-state index in [1.54, 1.807) is 31.3 Å². The Kier molecular flexibility index (Phi) is 6.86. The van der Waals surface area contributed by atoms with E-state index >= 15 is 0 Å². The first-order valence-corrected chi connectivity index (χ1v) is 12.3. The summed E-state index contributed by atoms with van der Waals surface area (Å²) >= 11 is 0. The third-order valence-electron chi connectivity index (χ3n) is 6.16. The summed E-state index contributed by atoms with van der Waals surface area (Å²) in [5.74, 6) is -0.00180. The minimum atomic E-state index is -3.68. The molecule has 2 aliphatic heterocycles. The molecule has 0 radical (unpaired) electrons. The van der Waals surface area contributed by atoms with Gasteiger partial charge in [-0.3, -0.25) is 14.7 Å². The molecular formula is C22H30N4O4S.